The van der Waals surface area contributed by atoms with Gasteiger partial charge in [-0.2, -0.15) is 0 Å². The summed E-state index contributed by atoms with van der Waals surface area (Å²) in [5.74, 6) is -2.36. The van der Waals surface area contributed by atoms with Crippen molar-refractivity contribution < 1.29 is 18.3 Å². The van der Waals surface area contributed by atoms with Crippen LogP contribution in [0.3, 0.4) is 0 Å². The molecule has 0 saturated carbocycles. The summed E-state index contributed by atoms with van der Waals surface area (Å²) in [4.78, 5) is 11.6. The summed E-state index contributed by atoms with van der Waals surface area (Å²) in [5.41, 5.74) is 4.51. The molecule has 1 rings (SSSR count). The van der Waals surface area contributed by atoms with E-state index in [0.717, 1.165) is 12.1 Å². The molecule has 8 heteroatoms. The van der Waals surface area contributed by atoms with E-state index < -0.39 is 17.5 Å². The number of carbonyl (C=O) groups excluding carboxylic acids is 1. The number of carbonyl (C=O) groups is 1. The van der Waals surface area contributed by atoms with Gasteiger partial charge in [0.05, 0.1) is 6.61 Å². The summed E-state index contributed by atoms with van der Waals surface area (Å²) in [6.45, 7) is 2.27. The maximum Gasteiger partial charge on any atom is 0.269 e. The molecule has 1 aromatic rings. The van der Waals surface area contributed by atoms with Crippen LogP contribution in [0.25, 0.3) is 0 Å². The average Bonchev–Trinajstić information content (AvgIpc) is 2.35. The fourth-order valence-electron chi connectivity index (χ4n) is 1.42. The molecule has 1 aromatic carbocycles. The second-order valence-corrected chi connectivity index (χ2v) is 4.48. The van der Waals surface area contributed by atoms with E-state index in [2.05, 4.69) is 16.2 Å². The van der Waals surface area contributed by atoms with Gasteiger partial charge in [0.25, 0.3) is 5.91 Å². The zero-order valence-electron chi connectivity index (χ0n) is 11.0. The van der Waals surface area contributed by atoms with E-state index in [1.165, 1.54) is 0 Å². The highest BCUT2D eigenvalue weighted by molar-refractivity contribution is 7.80. The zero-order valence-corrected chi connectivity index (χ0v) is 11.8. The lowest BCUT2D eigenvalue weighted by atomic mass is 10.2. The molecule has 0 aromatic heterocycles. The van der Waals surface area contributed by atoms with E-state index in [9.17, 15) is 13.6 Å². The fraction of sp³-hybridized carbons (Fsp3) is 0.333. The summed E-state index contributed by atoms with van der Waals surface area (Å²) < 4.78 is 30.8. The van der Waals surface area contributed by atoms with Crippen LogP contribution in [0.5, 0.6) is 0 Å². The zero-order chi connectivity index (χ0) is 15.1. The number of halogens is 2. The molecule has 0 spiro atoms. The topological polar surface area (TPSA) is 62.4 Å². The predicted octanol–water partition coefficient (Wildman–Crippen LogP) is 1.11. The van der Waals surface area contributed by atoms with E-state index in [1.807, 2.05) is 6.92 Å². The molecule has 0 heterocycles. The minimum absolute atomic E-state index is 0.0523. The Labute approximate surface area is 120 Å². The largest absolute Gasteiger partial charge is 0.383 e. The Balaban J connectivity index is 2.48. The van der Waals surface area contributed by atoms with Crippen molar-refractivity contribution >= 4 is 23.2 Å². The molecule has 0 aliphatic carbocycles. The van der Waals surface area contributed by atoms with Gasteiger partial charge in [-0.05, 0) is 31.3 Å². The highest BCUT2D eigenvalue weighted by Crippen LogP contribution is 2.07. The van der Waals surface area contributed by atoms with Crippen molar-refractivity contribution in [3.8, 4) is 0 Å². The van der Waals surface area contributed by atoms with Crippen LogP contribution >= 0.6 is 12.2 Å². The Kier molecular flexibility index (Phi) is 6.26. The molecule has 0 aliphatic rings. The maximum atomic E-state index is 13.0. The van der Waals surface area contributed by atoms with Crippen molar-refractivity contribution in [3.63, 3.8) is 0 Å². The number of hydrogen-bond acceptors (Lipinski definition) is 3. The summed E-state index contributed by atoms with van der Waals surface area (Å²) in [7, 11) is 1.55. The van der Waals surface area contributed by atoms with Crippen molar-refractivity contribution in [2.24, 2.45) is 0 Å². The van der Waals surface area contributed by atoms with Crippen LogP contribution in [0.2, 0.25) is 0 Å². The quantitative estimate of drug-likeness (QED) is 0.574. The summed E-state index contributed by atoms with van der Waals surface area (Å²) in [5, 5.41) is 3.01. The lowest BCUT2D eigenvalue weighted by molar-refractivity contribution is 0.0942. The molecule has 0 fully saturated rings. The first-order valence-electron chi connectivity index (χ1n) is 5.74. The Morgan fingerprint density at radius 2 is 1.90 bits per heavy atom. The van der Waals surface area contributed by atoms with Gasteiger partial charge in [-0.3, -0.25) is 15.6 Å². The second kappa shape index (κ2) is 7.71. The first-order valence-corrected chi connectivity index (χ1v) is 6.15. The van der Waals surface area contributed by atoms with Gasteiger partial charge in [0, 0.05) is 24.8 Å². The van der Waals surface area contributed by atoms with E-state index in [0.29, 0.717) is 12.7 Å². The van der Waals surface area contributed by atoms with E-state index in [4.69, 9.17) is 17.0 Å². The Hall–Kier alpha value is -1.80. The standard InChI is InChI=1S/C12H15F2N3O2S/c1-7(6-19-2)15-12(20)17-16-11(18)8-3-9(13)5-10(14)4-8/h3-5,7H,6H2,1-2H3,(H,16,18)(H2,15,17,20)/t7-/m0/s1. The monoisotopic (exact) mass is 303 g/mol. The van der Waals surface area contributed by atoms with Crippen molar-refractivity contribution in [2.45, 2.75) is 13.0 Å². The number of rotatable bonds is 4. The summed E-state index contributed by atoms with van der Waals surface area (Å²) in [6.07, 6.45) is 0. The van der Waals surface area contributed by atoms with E-state index in [-0.39, 0.29) is 16.7 Å². The van der Waals surface area contributed by atoms with Crippen molar-refractivity contribution in [3.05, 3.63) is 35.4 Å². The van der Waals surface area contributed by atoms with Gasteiger partial charge in [-0.15, -0.1) is 0 Å². The second-order valence-electron chi connectivity index (χ2n) is 4.07. The van der Waals surface area contributed by atoms with Crippen LogP contribution in [0, 0.1) is 11.6 Å². The average molecular weight is 303 g/mol. The molecule has 20 heavy (non-hydrogen) atoms. The molecule has 0 bridgehead atoms. The molecular weight excluding hydrogens is 288 g/mol. The Morgan fingerprint density at radius 3 is 2.45 bits per heavy atom. The number of benzene rings is 1. The SMILES string of the molecule is COC[C@H](C)NC(=S)NNC(=O)c1cc(F)cc(F)c1. The molecule has 0 radical (unpaired) electrons. The highest BCUT2D eigenvalue weighted by Gasteiger charge is 2.10. The van der Waals surface area contributed by atoms with E-state index >= 15 is 0 Å². The lowest BCUT2D eigenvalue weighted by Gasteiger charge is -2.16. The molecule has 110 valence electrons. The first-order chi connectivity index (χ1) is 9.42. The lowest BCUT2D eigenvalue weighted by Crippen LogP contribution is -2.49. The third-order valence-electron chi connectivity index (χ3n) is 2.21. The van der Waals surface area contributed by atoms with Crippen molar-refractivity contribution in [1.29, 1.82) is 0 Å². The highest BCUT2D eigenvalue weighted by atomic mass is 32.1. The van der Waals surface area contributed by atoms with Crippen molar-refractivity contribution in [2.75, 3.05) is 13.7 Å². The maximum absolute atomic E-state index is 13.0. The minimum Gasteiger partial charge on any atom is -0.383 e. The summed E-state index contributed by atoms with van der Waals surface area (Å²) in [6, 6.07) is 2.47. The van der Waals surface area contributed by atoms with Crippen LogP contribution in [0.4, 0.5) is 8.78 Å². The van der Waals surface area contributed by atoms with Gasteiger partial charge in [0.2, 0.25) is 0 Å². The molecular formula is C12H15F2N3O2S. The molecule has 5 nitrogen and oxygen atoms in total. The predicted molar refractivity (Wildman–Crippen MR) is 74.0 cm³/mol. The van der Waals surface area contributed by atoms with Crippen LogP contribution in [-0.2, 0) is 4.74 Å². The van der Waals surface area contributed by atoms with Gasteiger partial charge in [0.15, 0.2) is 5.11 Å². The molecule has 0 saturated heterocycles. The first kappa shape index (κ1) is 16.3. The number of methoxy groups -OCH3 is 1. The van der Waals surface area contributed by atoms with Crippen LogP contribution in [0.1, 0.15) is 17.3 Å². The Morgan fingerprint density at radius 1 is 1.30 bits per heavy atom. The van der Waals surface area contributed by atoms with Gasteiger partial charge in [-0.25, -0.2) is 8.78 Å². The fourth-order valence-corrected chi connectivity index (χ4v) is 1.67. The number of hydrazine groups is 1. The third kappa shape index (κ3) is 5.45. The van der Waals surface area contributed by atoms with Crippen molar-refractivity contribution in [1.82, 2.24) is 16.2 Å². The van der Waals surface area contributed by atoms with Crippen LogP contribution in [0.15, 0.2) is 18.2 Å². The Bertz CT molecular complexity index is 479. The van der Waals surface area contributed by atoms with Crippen LogP contribution in [-0.4, -0.2) is 30.8 Å². The van der Waals surface area contributed by atoms with Gasteiger partial charge in [0.1, 0.15) is 11.6 Å². The number of thiocarbonyl (C=S) groups is 1. The van der Waals surface area contributed by atoms with Gasteiger partial charge < -0.3 is 10.1 Å². The molecule has 0 aliphatic heterocycles. The summed E-state index contributed by atoms with van der Waals surface area (Å²) >= 11 is 4.92. The van der Waals surface area contributed by atoms with Crippen LogP contribution < -0.4 is 16.2 Å². The number of ether oxygens (including phenoxy) is 1. The number of hydrogen-bond donors (Lipinski definition) is 3. The minimum atomic E-state index is -0.829. The van der Waals surface area contributed by atoms with Gasteiger partial charge in [-0.1, -0.05) is 0 Å². The number of amides is 1. The van der Waals surface area contributed by atoms with Gasteiger partial charge >= 0.3 is 0 Å². The van der Waals surface area contributed by atoms with E-state index in [1.54, 1.807) is 7.11 Å². The third-order valence-corrected chi connectivity index (χ3v) is 2.43. The molecule has 3 N–H and O–H groups in total. The number of nitrogens with one attached hydrogen (secondary N) is 3. The molecule has 1 atom stereocenters. The normalized spacial score (nSPS) is 11.6. The molecule has 0 unspecified atom stereocenters. The smallest absolute Gasteiger partial charge is 0.269 e. The molecule has 1 amide bonds.